The molecular formula is C41H65NaO16S. The number of carbonyl (C=O) groups is 1. The van der Waals surface area contributed by atoms with E-state index < -0.39 is 123 Å². The molecule has 0 aromatic heterocycles. The Balaban J connectivity index is 0.00000585. The Bertz CT molecular complexity index is 1730. The van der Waals surface area contributed by atoms with Crippen molar-refractivity contribution in [3.8, 4) is 0 Å². The minimum Gasteiger partial charge on any atom is -0.726 e. The van der Waals surface area contributed by atoms with Gasteiger partial charge in [-0.25, -0.2) is 8.42 Å². The van der Waals surface area contributed by atoms with E-state index in [0.29, 0.717) is 44.4 Å². The Kier molecular flexibility index (Phi) is 13.3. The number of aliphatic hydroxyl groups excluding tert-OH is 5. The van der Waals surface area contributed by atoms with Gasteiger partial charge in [-0.05, 0) is 99.2 Å². The molecule has 3 aliphatic heterocycles. The van der Waals surface area contributed by atoms with Crippen molar-refractivity contribution < 1.29 is 106 Å². The topological polar surface area (TPSA) is 251 Å². The van der Waals surface area contributed by atoms with Gasteiger partial charge in [0.25, 0.3) is 0 Å². The van der Waals surface area contributed by atoms with Gasteiger partial charge in [0.1, 0.15) is 53.2 Å². The van der Waals surface area contributed by atoms with Crippen molar-refractivity contribution in [3.63, 3.8) is 0 Å². The van der Waals surface area contributed by atoms with Crippen molar-refractivity contribution in [2.75, 3.05) is 6.61 Å². The number of carbonyl (C=O) groups excluding carboxylic acids is 1. The standard InChI is InChI=1S/C41H66O16S.Na/c1-20(2)10-9-14-39(8)40(48)17-16-38(7)22-11-12-25-36(4,5)27(13-15-37(25,6)23(22)18-26(42)41(38,40)35(47)56-39)54-34-32(29(44)24(19-52-34)57-58(49,50)51)55-33-31(46)30(45)28(43)21(3)53-33;/h18,20-22,24-34,42-46,48H,9-17,19H2,1-8H3,(H,49,50,51);/q;+1/p-1/t21-,22-,24-,25+,26+,27+,28-,29+,30+,31-,32-,33+,34+,37-,38+,39+,40+,41-;/m1./s1. The first-order valence-electron chi connectivity index (χ1n) is 21.1. The molecule has 0 aromatic rings. The number of rotatable bonds is 10. The Morgan fingerprint density at radius 3 is 2.24 bits per heavy atom. The Hall–Kier alpha value is -0.320. The third-order valence-electron chi connectivity index (χ3n) is 16.3. The molecule has 7 rings (SSSR count). The first-order chi connectivity index (χ1) is 26.8. The largest absolute Gasteiger partial charge is 1.00 e. The van der Waals surface area contributed by atoms with Crippen LogP contribution in [0.25, 0.3) is 0 Å². The molecule has 0 aromatic carbocycles. The maximum atomic E-state index is 14.3. The van der Waals surface area contributed by atoms with E-state index in [9.17, 15) is 48.4 Å². The van der Waals surface area contributed by atoms with E-state index >= 15 is 0 Å². The molecule has 0 radical (unpaired) electrons. The van der Waals surface area contributed by atoms with E-state index in [1.54, 1.807) is 0 Å². The second kappa shape index (κ2) is 16.3. The summed E-state index contributed by atoms with van der Waals surface area (Å²) in [5, 5.41) is 67.8. The normalized spacial score (nSPS) is 50.5. The summed E-state index contributed by atoms with van der Waals surface area (Å²) in [7, 11) is -5.28. The summed E-state index contributed by atoms with van der Waals surface area (Å²) in [5.41, 5.74) is -4.92. The third-order valence-corrected chi connectivity index (χ3v) is 16.8. The summed E-state index contributed by atoms with van der Waals surface area (Å²) in [6.45, 7) is 15.4. The average molecular weight is 869 g/mol. The third kappa shape index (κ3) is 7.28. The summed E-state index contributed by atoms with van der Waals surface area (Å²) in [5.74, 6) is -0.183. The predicted octanol–water partition coefficient (Wildman–Crippen LogP) is -1.04. The van der Waals surface area contributed by atoms with E-state index in [1.165, 1.54) is 6.92 Å². The zero-order valence-corrected chi connectivity index (χ0v) is 38.7. The second-order valence-electron chi connectivity index (χ2n) is 20.2. The van der Waals surface area contributed by atoms with Crippen LogP contribution in [-0.2, 0) is 43.1 Å². The van der Waals surface area contributed by atoms with Gasteiger partial charge in [0.05, 0.1) is 24.9 Å². The molecule has 6 N–H and O–H groups in total. The van der Waals surface area contributed by atoms with Crippen molar-refractivity contribution in [2.45, 2.75) is 192 Å². The van der Waals surface area contributed by atoms with Crippen LogP contribution in [0.3, 0.4) is 0 Å². The monoisotopic (exact) mass is 868 g/mol. The molecule has 3 saturated heterocycles. The molecule has 18 heteroatoms. The number of ether oxygens (including phenoxy) is 5. The first-order valence-corrected chi connectivity index (χ1v) is 22.4. The minimum atomic E-state index is -5.28. The van der Waals surface area contributed by atoms with Crippen LogP contribution in [0, 0.1) is 39.4 Å². The maximum absolute atomic E-state index is 14.3. The van der Waals surface area contributed by atoms with E-state index in [2.05, 4.69) is 45.7 Å². The smallest absolute Gasteiger partial charge is 0.726 e. The fourth-order valence-electron chi connectivity index (χ4n) is 13.2. The fourth-order valence-corrected chi connectivity index (χ4v) is 13.6. The van der Waals surface area contributed by atoms with Gasteiger partial charge in [0.15, 0.2) is 12.6 Å². The van der Waals surface area contributed by atoms with Crippen LogP contribution in [0.5, 0.6) is 0 Å². The average Bonchev–Trinajstić information content (AvgIpc) is 3.48. The number of hydrogen-bond donors (Lipinski definition) is 6. The van der Waals surface area contributed by atoms with Crippen LogP contribution >= 0.6 is 0 Å². The molecule has 7 aliphatic rings. The number of esters is 1. The Labute approximate surface area is 369 Å². The number of cyclic esters (lactones) is 1. The molecule has 0 amide bonds. The summed E-state index contributed by atoms with van der Waals surface area (Å²) in [4.78, 5) is 14.3. The zero-order chi connectivity index (χ0) is 42.8. The molecule has 332 valence electrons. The molecule has 0 bridgehead atoms. The number of aliphatic hydroxyl groups is 6. The summed E-state index contributed by atoms with van der Waals surface area (Å²) in [6, 6.07) is 0. The fraction of sp³-hybridized carbons (Fsp3) is 0.927. The van der Waals surface area contributed by atoms with Crippen LogP contribution in [0.2, 0.25) is 0 Å². The van der Waals surface area contributed by atoms with Gasteiger partial charge in [-0.2, -0.15) is 0 Å². The molecule has 3 saturated carbocycles. The maximum Gasteiger partial charge on any atom is 1.00 e. The summed E-state index contributed by atoms with van der Waals surface area (Å²) in [6.07, 6.45) is -8.27. The van der Waals surface area contributed by atoms with Crippen molar-refractivity contribution in [3.05, 3.63) is 11.6 Å². The molecule has 59 heavy (non-hydrogen) atoms. The van der Waals surface area contributed by atoms with Gasteiger partial charge in [0.2, 0.25) is 10.4 Å². The predicted molar refractivity (Wildman–Crippen MR) is 202 cm³/mol. The molecule has 3 heterocycles. The molecule has 0 unspecified atom stereocenters. The van der Waals surface area contributed by atoms with Crippen LogP contribution in [0.4, 0.5) is 0 Å². The van der Waals surface area contributed by atoms with Crippen LogP contribution in [0.1, 0.15) is 113 Å². The van der Waals surface area contributed by atoms with Gasteiger partial charge in [-0.3, -0.25) is 8.98 Å². The van der Waals surface area contributed by atoms with Crippen LogP contribution in [0.15, 0.2) is 11.6 Å². The van der Waals surface area contributed by atoms with Crippen molar-refractivity contribution >= 4 is 16.4 Å². The zero-order valence-electron chi connectivity index (χ0n) is 35.9. The van der Waals surface area contributed by atoms with E-state index in [1.807, 2.05) is 13.0 Å². The molecule has 6 fully saturated rings. The number of allylic oxidation sites excluding steroid dienone is 1. The van der Waals surface area contributed by atoms with E-state index in [0.717, 1.165) is 24.8 Å². The quantitative estimate of drug-likeness (QED) is 0.0383. The number of fused-ring (bicyclic) bond motifs is 4. The molecule has 18 atom stereocenters. The van der Waals surface area contributed by atoms with Gasteiger partial charge in [0, 0.05) is 0 Å². The molecule has 1 spiro atoms. The minimum absolute atomic E-state index is 0. The molecule has 16 nitrogen and oxygen atoms in total. The number of hydrogen-bond acceptors (Lipinski definition) is 16. The Morgan fingerprint density at radius 1 is 0.915 bits per heavy atom. The van der Waals surface area contributed by atoms with Gasteiger partial charge >= 0.3 is 35.5 Å². The van der Waals surface area contributed by atoms with Gasteiger partial charge in [-0.1, -0.05) is 59.6 Å². The van der Waals surface area contributed by atoms with Crippen LogP contribution < -0.4 is 29.6 Å². The van der Waals surface area contributed by atoms with Crippen molar-refractivity contribution in [1.82, 2.24) is 0 Å². The molecule has 4 aliphatic carbocycles. The van der Waals surface area contributed by atoms with Gasteiger partial charge in [-0.15, -0.1) is 0 Å². The van der Waals surface area contributed by atoms with E-state index in [-0.39, 0.29) is 41.4 Å². The van der Waals surface area contributed by atoms with Gasteiger partial charge < -0.3 is 58.9 Å². The summed E-state index contributed by atoms with van der Waals surface area (Å²) >= 11 is 0. The SMILES string of the molecule is CC(C)CCC[C@]1(C)OC(=O)[C@]23[C@@H](O)C=C4[C@@H](CC[C@H]5C(C)(C)[C@@H](O[C@@H]6OC[C@@H](OS(=O)(=O)[O-])[C@H](O)[C@H]6O[C@@H]6O[C@H](C)[C@@H](O)[C@H](O)[C@H]6O)CC[C@]45C)[C@]2(C)CC[C@@]31O.[Na+]. The second-order valence-corrected chi connectivity index (χ2v) is 21.2. The van der Waals surface area contributed by atoms with E-state index in [4.69, 9.17) is 23.7 Å². The van der Waals surface area contributed by atoms with Crippen molar-refractivity contribution in [1.29, 1.82) is 0 Å². The first kappa shape index (κ1) is 48.1. The Morgan fingerprint density at radius 2 is 1.59 bits per heavy atom. The summed E-state index contributed by atoms with van der Waals surface area (Å²) < 4.78 is 69.5. The van der Waals surface area contributed by atoms with Crippen molar-refractivity contribution in [2.24, 2.45) is 39.4 Å². The van der Waals surface area contributed by atoms with Crippen LogP contribution in [-0.4, -0.2) is 135 Å². The molecular weight excluding hydrogens is 803 g/mol.